The molecule has 1 N–H and O–H groups in total. The molecule has 106 valence electrons. The topological polar surface area (TPSA) is 46.2 Å². The summed E-state index contributed by atoms with van der Waals surface area (Å²) in [6.07, 6.45) is 2.39. The Labute approximate surface area is 116 Å². The lowest BCUT2D eigenvalue weighted by atomic mass is 9.95. The van der Waals surface area contributed by atoms with Gasteiger partial charge in [0.2, 0.25) is 0 Å². The van der Waals surface area contributed by atoms with Crippen molar-refractivity contribution in [2.75, 3.05) is 13.3 Å². The van der Waals surface area contributed by atoms with Crippen molar-refractivity contribution in [2.45, 2.75) is 37.0 Å². The van der Waals surface area contributed by atoms with Crippen LogP contribution in [0.15, 0.2) is 30.3 Å². The van der Waals surface area contributed by atoms with Crippen molar-refractivity contribution in [3.8, 4) is 0 Å². The quantitative estimate of drug-likeness (QED) is 0.900. The number of rotatable bonds is 5. The largest absolute Gasteiger partial charge is 0.315 e. The van der Waals surface area contributed by atoms with E-state index in [0.717, 1.165) is 6.42 Å². The van der Waals surface area contributed by atoms with Gasteiger partial charge in [0.25, 0.3) is 0 Å². The molecule has 0 radical (unpaired) electrons. The molecule has 0 amide bonds. The Kier molecular flexibility index (Phi) is 3.76. The van der Waals surface area contributed by atoms with E-state index in [2.05, 4.69) is 17.4 Å². The Morgan fingerprint density at radius 1 is 1.26 bits per heavy atom. The zero-order valence-corrected chi connectivity index (χ0v) is 12.9. The highest BCUT2D eigenvalue weighted by Gasteiger charge is 2.52. The fourth-order valence-electron chi connectivity index (χ4n) is 2.97. The minimum atomic E-state index is -3.09. The van der Waals surface area contributed by atoms with Crippen molar-refractivity contribution in [1.82, 2.24) is 5.32 Å². The number of hydrogen-bond acceptors (Lipinski definition) is 3. The fraction of sp³-hybridized carbons (Fsp3) is 0.600. The molecule has 0 aromatic heterocycles. The van der Waals surface area contributed by atoms with E-state index < -0.39 is 14.6 Å². The fourth-order valence-corrected chi connectivity index (χ4v) is 3.73. The van der Waals surface area contributed by atoms with Crippen LogP contribution in [-0.4, -0.2) is 32.5 Å². The molecule has 0 spiro atoms. The van der Waals surface area contributed by atoms with Gasteiger partial charge in [-0.1, -0.05) is 30.3 Å². The zero-order valence-electron chi connectivity index (χ0n) is 12.1. The maximum absolute atomic E-state index is 12.0. The minimum Gasteiger partial charge on any atom is -0.315 e. The average Bonchev–Trinajstić information content (AvgIpc) is 3.09. The predicted octanol–water partition coefficient (Wildman–Crippen LogP) is 2.20. The number of nitrogens with one attached hydrogen (secondary N) is 1. The van der Waals surface area contributed by atoms with E-state index in [9.17, 15) is 8.42 Å². The molecule has 0 aliphatic heterocycles. The van der Waals surface area contributed by atoms with Gasteiger partial charge in [-0.2, -0.15) is 0 Å². The Bertz CT molecular complexity index is 537. The minimum absolute atomic E-state index is 0.00675. The van der Waals surface area contributed by atoms with Gasteiger partial charge in [0.15, 0.2) is 9.84 Å². The predicted molar refractivity (Wildman–Crippen MR) is 79.1 cm³/mol. The van der Waals surface area contributed by atoms with Gasteiger partial charge in [-0.3, -0.25) is 0 Å². The molecular formula is C15H23NO2S. The molecule has 19 heavy (non-hydrogen) atoms. The summed E-state index contributed by atoms with van der Waals surface area (Å²) in [6, 6.07) is 10.3. The van der Waals surface area contributed by atoms with Gasteiger partial charge < -0.3 is 5.32 Å². The van der Waals surface area contributed by atoms with Crippen molar-refractivity contribution in [2.24, 2.45) is 5.92 Å². The lowest BCUT2D eigenvalue weighted by Crippen LogP contribution is -2.51. The van der Waals surface area contributed by atoms with E-state index in [0.29, 0.717) is 11.8 Å². The Morgan fingerprint density at radius 2 is 1.84 bits per heavy atom. The second kappa shape index (κ2) is 4.91. The van der Waals surface area contributed by atoms with Crippen LogP contribution in [0.4, 0.5) is 0 Å². The van der Waals surface area contributed by atoms with Gasteiger partial charge >= 0.3 is 0 Å². The summed E-state index contributed by atoms with van der Waals surface area (Å²) in [5, 5.41) is 3.23. The highest BCUT2D eigenvalue weighted by Crippen LogP contribution is 2.52. The molecule has 3 atom stereocenters. The summed E-state index contributed by atoms with van der Waals surface area (Å²) in [7, 11) is -1.23. The maximum Gasteiger partial charge on any atom is 0.154 e. The number of hydrogen-bond donors (Lipinski definition) is 1. The van der Waals surface area contributed by atoms with Gasteiger partial charge in [-0.15, -0.1) is 0 Å². The maximum atomic E-state index is 12.0. The molecule has 1 saturated carbocycles. The molecule has 0 bridgehead atoms. The summed E-state index contributed by atoms with van der Waals surface area (Å²) < 4.78 is 23.2. The standard InChI is InChI=1S/C15H23NO2S/c1-15(2,19(4,17)18)14(16-3)13-10-12(13)11-8-6-5-7-9-11/h5-9,12-14,16H,10H2,1-4H3. The Balaban J connectivity index is 2.19. The summed E-state index contributed by atoms with van der Waals surface area (Å²) in [5.74, 6) is 0.886. The van der Waals surface area contributed by atoms with Gasteiger partial charge in [0.1, 0.15) is 0 Å². The van der Waals surface area contributed by atoms with E-state index in [1.807, 2.05) is 39.1 Å². The molecule has 3 nitrogen and oxygen atoms in total. The molecule has 1 aromatic carbocycles. The molecule has 1 aliphatic rings. The molecule has 1 aliphatic carbocycles. The lowest BCUT2D eigenvalue weighted by Gasteiger charge is -2.33. The average molecular weight is 281 g/mol. The van der Waals surface area contributed by atoms with Gasteiger partial charge in [-0.25, -0.2) is 8.42 Å². The summed E-state index contributed by atoms with van der Waals surface area (Å²) in [4.78, 5) is 0. The first-order valence-electron chi connectivity index (χ1n) is 6.71. The van der Waals surface area contributed by atoms with Crippen molar-refractivity contribution >= 4 is 9.84 Å². The van der Waals surface area contributed by atoms with E-state index >= 15 is 0 Å². The van der Waals surface area contributed by atoms with Crippen LogP contribution in [0.25, 0.3) is 0 Å². The molecule has 0 heterocycles. The molecule has 2 rings (SSSR count). The number of benzene rings is 1. The second-order valence-electron chi connectivity index (χ2n) is 6.06. The third-order valence-electron chi connectivity index (χ3n) is 4.51. The second-order valence-corrected chi connectivity index (χ2v) is 8.66. The summed E-state index contributed by atoms with van der Waals surface area (Å²) in [5.41, 5.74) is 1.32. The van der Waals surface area contributed by atoms with E-state index in [1.54, 1.807) is 0 Å². The van der Waals surface area contributed by atoms with Crippen LogP contribution < -0.4 is 5.32 Å². The Hall–Kier alpha value is -0.870. The molecule has 3 unspecified atom stereocenters. The van der Waals surface area contributed by atoms with E-state index in [1.165, 1.54) is 11.8 Å². The van der Waals surface area contributed by atoms with Crippen LogP contribution in [0.5, 0.6) is 0 Å². The third kappa shape index (κ3) is 2.70. The first-order chi connectivity index (χ1) is 8.79. The monoisotopic (exact) mass is 281 g/mol. The zero-order chi connectivity index (χ0) is 14.3. The lowest BCUT2D eigenvalue weighted by molar-refractivity contribution is 0.390. The van der Waals surface area contributed by atoms with Crippen molar-refractivity contribution in [3.05, 3.63) is 35.9 Å². The smallest absolute Gasteiger partial charge is 0.154 e. The van der Waals surface area contributed by atoms with Crippen LogP contribution in [0.1, 0.15) is 31.7 Å². The molecule has 0 saturated heterocycles. The van der Waals surface area contributed by atoms with Gasteiger partial charge in [-0.05, 0) is 44.7 Å². The highest BCUT2D eigenvalue weighted by atomic mass is 32.2. The summed E-state index contributed by atoms with van der Waals surface area (Å²) in [6.45, 7) is 3.65. The van der Waals surface area contributed by atoms with Crippen molar-refractivity contribution in [1.29, 1.82) is 0 Å². The molecule has 1 aromatic rings. The van der Waals surface area contributed by atoms with Crippen LogP contribution in [0, 0.1) is 5.92 Å². The number of sulfone groups is 1. The highest BCUT2D eigenvalue weighted by molar-refractivity contribution is 7.92. The molecule has 4 heteroatoms. The first-order valence-corrected chi connectivity index (χ1v) is 8.60. The Morgan fingerprint density at radius 3 is 2.32 bits per heavy atom. The molecule has 1 fully saturated rings. The van der Waals surface area contributed by atoms with Crippen LogP contribution in [0.3, 0.4) is 0 Å². The van der Waals surface area contributed by atoms with Crippen molar-refractivity contribution in [3.63, 3.8) is 0 Å². The van der Waals surface area contributed by atoms with E-state index in [-0.39, 0.29) is 6.04 Å². The first kappa shape index (κ1) is 14.5. The normalized spacial score (nSPS) is 25.1. The van der Waals surface area contributed by atoms with Gasteiger partial charge in [0, 0.05) is 12.3 Å². The van der Waals surface area contributed by atoms with Crippen LogP contribution >= 0.6 is 0 Å². The van der Waals surface area contributed by atoms with E-state index in [4.69, 9.17) is 0 Å². The summed E-state index contributed by atoms with van der Waals surface area (Å²) >= 11 is 0. The van der Waals surface area contributed by atoms with Crippen molar-refractivity contribution < 1.29 is 8.42 Å². The SMILES string of the molecule is CNC(C1CC1c1ccccc1)C(C)(C)S(C)(=O)=O. The van der Waals surface area contributed by atoms with Crippen LogP contribution in [0.2, 0.25) is 0 Å². The van der Waals surface area contributed by atoms with Crippen LogP contribution in [-0.2, 0) is 9.84 Å². The van der Waals surface area contributed by atoms with Gasteiger partial charge in [0.05, 0.1) is 4.75 Å². The third-order valence-corrected chi connectivity index (χ3v) is 6.68. The molecular weight excluding hydrogens is 258 g/mol.